The van der Waals surface area contributed by atoms with E-state index in [0.29, 0.717) is 24.1 Å². The molecule has 2 aliphatic carbocycles. The predicted molar refractivity (Wildman–Crippen MR) is 146 cm³/mol. The zero-order valence-corrected chi connectivity index (χ0v) is 23.0. The van der Waals surface area contributed by atoms with Crippen LogP contribution in [0.25, 0.3) is 0 Å². The molecule has 4 aliphatic rings. The number of ketones is 2. The molecule has 2 fully saturated rings. The van der Waals surface area contributed by atoms with E-state index in [9.17, 15) is 14.4 Å². The Labute approximate surface area is 222 Å². The van der Waals surface area contributed by atoms with Crippen molar-refractivity contribution in [3.63, 3.8) is 0 Å². The SMILES string of the molecule is CCOC(=O)[C@H]1NCSC1C(=O)[C@H]1NCSC1C(=O)CCCCC1CCC2=C(C=C(C)C(N)=CC2)C1. The van der Waals surface area contributed by atoms with Gasteiger partial charge in [0.05, 0.1) is 23.1 Å². The number of Topliss-reactive ketones (excluding diaryl/α,β-unsaturated/α-hetero) is 2. The van der Waals surface area contributed by atoms with E-state index < -0.39 is 23.3 Å². The minimum absolute atomic E-state index is 0.0698. The molecule has 4 rings (SSSR count). The number of carbonyl (C=O) groups excluding carboxylic acids is 3. The summed E-state index contributed by atoms with van der Waals surface area (Å²) < 4.78 is 5.13. The van der Waals surface area contributed by atoms with Gasteiger partial charge < -0.3 is 10.5 Å². The number of esters is 1. The van der Waals surface area contributed by atoms with Gasteiger partial charge in [-0.05, 0) is 63.0 Å². The smallest absolute Gasteiger partial charge is 0.324 e. The maximum Gasteiger partial charge on any atom is 0.324 e. The number of allylic oxidation sites excluding steroid dienone is 5. The summed E-state index contributed by atoms with van der Waals surface area (Å²) >= 11 is 2.93. The van der Waals surface area contributed by atoms with Crippen LogP contribution in [0.3, 0.4) is 0 Å². The molecule has 0 aromatic carbocycles. The maximum atomic E-state index is 13.3. The monoisotopic (exact) mass is 533 g/mol. The van der Waals surface area contributed by atoms with Crippen molar-refractivity contribution < 1.29 is 19.1 Å². The van der Waals surface area contributed by atoms with Crippen LogP contribution in [0.15, 0.2) is 34.6 Å². The third kappa shape index (κ3) is 6.47. The standard InChI is InChI=1S/C27H39N3O4S2/c1-3-34-27(33)23-26(36-15-30-23)24(32)22-25(35-14-29-22)21(31)7-5-4-6-17-8-9-18-10-11-20(28)16(2)12-19(18)13-17/h11-12,17,22-23,25-26,29-30H,3-10,13-15,28H2,1-2H3/t17?,22-,23+,25?,26?/m1/s1. The summed E-state index contributed by atoms with van der Waals surface area (Å²) in [6, 6.07) is -1.18. The van der Waals surface area contributed by atoms with Crippen LogP contribution in [0.5, 0.6) is 0 Å². The first-order valence-electron chi connectivity index (χ1n) is 13.2. The van der Waals surface area contributed by atoms with Crippen LogP contribution in [0.2, 0.25) is 0 Å². The lowest BCUT2D eigenvalue weighted by molar-refractivity contribution is -0.146. The molecule has 7 nitrogen and oxygen atoms in total. The zero-order chi connectivity index (χ0) is 25.7. The molecule has 2 heterocycles. The molecule has 198 valence electrons. The Kier molecular flexibility index (Phi) is 9.77. The normalized spacial score (nSPS) is 30.3. The Morgan fingerprint density at radius 3 is 2.64 bits per heavy atom. The fourth-order valence-electron chi connectivity index (χ4n) is 5.60. The molecular weight excluding hydrogens is 494 g/mol. The Morgan fingerprint density at radius 2 is 1.86 bits per heavy atom. The van der Waals surface area contributed by atoms with Gasteiger partial charge in [0.15, 0.2) is 5.78 Å². The van der Waals surface area contributed by atoms with Gasteiger partial charge in [0.1, 0.15) is 11.8 Å². The van der Waals surface area contributed by atoms with Crippen LogP contribution in [0, 0.1) is 5.92 Å². The summed E-state index contributed by atoms with van der Waals surface area (Å²) in [6.45, 7) is 4.12. The second kappa shape index (κ2) is 12.8. The summed E-state index contributed by atoms with van der Waals surface area (Å²) in [5.74, 6) is 1.44. The average Bonchev–Trinajstić information content (AvgIpc) is 3.53. The molecule has 36 heavy (non-hydrogen) atoms. The number of rotatable bonds is 10. The number of nitrogens with one attached hydrogen (secondary N) is 2. The van der Waals surface area contributed by atoms with Crippen molar-refractivity contribution in [2.75, 3.05) is 18.4 Å². The molecule has 3 unspecified atom stereocenters. The quantitative estimate of drug-likeness (QED) is 0.286. The molecule has 0 radical (unpaired) electrons. The summed E-state index contributed by atoms with van der Waals surface area (Å²) in [6.07, 6.45) is 12.4. The topological polar surface area (TPSA) is 111 Å². The number of nitrogens with two attached hydrogens (primary N) is 1. The van der Waals surface area contributed by atoms with Crippen molar-refractivity contribution in [3.8, 4) is 0 Å². The maximum absolute atomic E-state index is 13.3. The highest BCUT2D eigenvalue weighted by Gasteiger charge is 2.46. The van der Waals surface area contributed by atoms with Crippen molar-refractivity contribution in [2.45, 2.75) is 87.8 Å². The van der Waals surface area contributed by atoms with Gasteiger partial charge in [0.2, 0.25) is 0 Å². The van der Waals surface area contributed by atoms with E-state index in [0.717, 1.165) is 44.2 Å². The van der Waals surface area contributed by atoms with Gasteiger partial charge in [0, 0.05) is 23.9 Å². The fourth-order valence-corrected chi connectivity index (χ4v) is 7.95. The largest absolute Gasteiger partial charge is 0.465 e. The van der Waals surface area contributed by atoms with Crippen molar-refractivity contribution >= 4 is 41.1 Å². The van der Waals surface area contributed by atoms with Gasteiger partial charge in [0.25, 0.3) is 0 Å². The molecule has 0 bridgehead atoms. The number of ether oxygens (including phenoxy) is 1. The van der Waals surface area contributed by atoms with E-state index in [1.165, 1.54) is 46.7 Å². The Bertz CT molecular complexity index is 961. The second-order valence-electron chi connectivity index (χ2n) is 10.1. The third-order valence-electron chi connectivity index (χ3n) is 7.70. The second-order valence-corrected chi connectivity index (χ2v) is 12.4. The van der Waals surface area contributed by atoms with Gasteiger partial charge in [-0.3, -0.25) is 25.0 Å². The first kappa shape index (κ1) is 27.5. The molecule has 0 aromatic heterocycles. The first-order valence-corrected chi connectivity index (χ1v) is 15.3. The van der Waals surface area contributed by atoms with Crippen molar-refractivity contribution in [2.24, 2.45) is 11.7 Å². The fraction of sp³-hybridized carbons (Fsp3) is 0.667. The molecule has 9 heteroatoms. The summed E-state index contributed by atoms with van der Waals surface area (Å²) in [5.41, 5.74) is 11.2. The van der Waals surface area contributed by atoms with Gasteiger partial charge in [-0.2, -0.15) is 0 Å². The number of hydrogen-bond acceptors (Lipinski definition) is 9. The summed E-state index contributed by atoms with van der Waals surface area (Å²) in [7, 11) is 0. The summed E-state index contributed by atoms with van der Waals surface area (Å²) in [5, 5.41) is 5.39. The van der Waals surface area contributed by atoms with Crippen LogP contribution in [-0.4, -0.2) is 58.5 Å². The van der Waals surface area contributed by atoms with Crippen molar-refractivity contribution in [1.82, 2.24) is 10.6 Å². The van der Waals surface area contributed by atoms with Crippen molar-refractivity contribution in [1.29, 1.82) is 0 Å². The lowest BCUT2D eigenvalue weighted by Crippen LogP contribution is -2.51. The number of unbranched alkanes of at least 4 members (excludes halogenated alkanes) is 1. The molecule has 0 spiro atoms. The van der Waals surface area contributed by atoms with E-state index in [1.807, 2.05) is 0 Å². The van der Waals surface area contributed by atoms with Crippen LogP contribution in [-0.2, 0) is 19.1 Å². The summed E-state index contributed by atoms with van der Waals surface area (Å²) in [4.78, 5) is 38.6. The first-order chi connectivity index (χ1) is 17.4. The zero-order valence-electron chi connectivity index (χ0n) is 21.3. The molecule has 4 N–H and O–H groups in total. The van der Waals surface area contributed by atoms with E-state index in [1.54, 1.807) is 6.92 Å². The van der Waals surface area contributed by atoms with Gasteiger partial charge >= 0.3 is 5.97 Å². The predicted octanol–water partition coefficient (Wildman–Crippen LogP) is 3.60. The number of thioether (sulfide) groups is 2. The lowest BCUT2D eigenvalue weighted by Gasteiger charge is -2.25. The highest BCUT2D eigenvalue weighted by atomic mass is 32.2. The molecule has 0 aromatic rings. The molecule has 2 aliphatic heterocycles. The van der Waals surface area contributed by atoms with E-state index in [4.69, 9.17) is 10.5 Å². The Balaban J connectivity index is 1.23. The average molecular weight is 534 g/mol. The van der Waals surface area contributed by atoms with Gasteiger partial charge in [-0.25, -0.2) is 0 Å². The number of hydrogen-bond donors (Lipinski definition) is 3. The van der Waals surface area contributed by atoms with Gasteiger partial charge in [-0.15, -0.1) is 23.5 Å². The Morgan fingerprint density at radius 1 is 1.11 bits per heavy atom. The minimum atomic E-state index is -0.643. The van der Waals surface area contributed by atoms with Crippen LogP contribution >= 0.6 is 23.5 Å². The van der Waals surface area contributed by atoms with E-state index >= 15 is 0 Å². The lowest BCUT2D eigenvalue weighted by atomic mass is 9.80. The molecule has 0 saturated carbocycles. The molecule has 2 saturated heterocycles. The number of carbonyl (C=O) groups is 3. The molecule has 5 atom stereocenters. The van der Waals surface area contributed by atoms with Crippen molar-refractivity contribution in [3.05, 3.63) is 34.6 Å². The van der Waals surface area contributed by atoms with Crippen LogP contribution in [0.4, 0.5) is 0 Å². The van der Waals surface area contributed by atoms with E-state index in [-0.39, 0.29) is 23.4 Å². The highest BCUT2D eigenvalue weighted by molar-refractivity contribution is 8.01. The molecular formula is C27H39N3O4S2. The highest BCUT2D eigenvalue weighted by Crippen LogP contribution is 2.37. The van der Waals surface area contributed by atoms with Gasteiger partial charge in [-0.1, -0.05) is 30.6 Å². The minimum Gasteiger partial charge on any atom is -0.465 e. The van der Waals surface area contributed by atoms with E-state index in [2.05, 4.69) is 29.7 Å². The van der Waals surface area contributed by atoms with Crippen LogP contribution in [0.1, 0.15) is 65.2 Å². The molecule has 0 amide bonds. The van der Waals surface area contributed by atoms with Crippen LogP contribution < -0.4 is 16.4 Å². The Hall–Kier alpha value is -1.55. The third-order valence-corrected chi connectivity index (χ3v) is 10.1.